The zero-order valence-corrected chi connectivity index (χ0v) is 7.17. The number of nitrogens with one attached hydrogen (secondary N) is 2. The van der Waals surface area contributed by atoms with E-state index < -0.39 is 0 Å². The molecule has 2 atom stereocenters. The van der Waals surface area contributed by atoms with Crippen LogP contribution in [0.2, 0.25) is 0 Å². The third-order valence-corrected chi connectivity index (χ3v) is 2.16. The normalized spacial score (nSPS) is 25.0. The maximum Gasteiger partial charge on any atom is 0.329 e. The minimum Gasteiger partial charge on any atom is -0.381 e. The van der Waals surface area contributed by atoms with E-state index in [-0.39, 0.29) is 12.1 Å². The highest BCUT2D eigenvalue weighted by Gasteiger charge is 2.22. The minimum atomic E-state index is -0.339. The first-order valence-corrected chi connectivity index (χ1v) is 4.09. The van der Waals surface area contributed by atoms with E-state index in [1.54, 1.807) is 0 Å². The van der Waals surface area contributed by atoms with Crippen LogP contribution in [-0.4, -0.2) is 25.3 Å². The summed E-state index contributed by atoms with van der Waals surface area (Å²) in [5, 5.41) is 2.72. The number of carbonyl (C=O) groups excluding carboxylic acids is 1. The van der Waals surface area contributed by atoms with Gasteiger partial charge in [0.1, 0.15) is 0 Å². The van der Waals surface area contributed by atoms with E-state index in [1.165, 1.54) is 0 Å². The summed E-state index contributed by atoms with van der Waals surface area (Å²) in [5.74, 6) is 5.34. The van der Waals surface area contributed by atoms with Crippen LogP contribution in [-0.2, 0) is 4.74 Å². The number of amides is 2. The van der Waals surface area contributed by atoms with E-state index in [4.69, 9.17) is 10.6 Å². The Morgan fingerprint density at radius 1 is 1.75 bits per heavy atom. The second kappa shape index (κ2) is 4.27. The average Bonchev–Trinajstić information content (AvgIpc) is 2.56. The van der Waals surface area contributed by atoms with Gasteiger partial charge in [0.25, 0.3) is 0 Å². The predicted molar refractivity (Wildman–Crippen MR) is 44.2 cm³/mol. The maximum absolute atomic E-state index is 10.8. The Bertz CT molecular complexity index is 157. The maximum atomic E-state index is 10.8. The number of hydrogen-bond donors (Lipinski definition) is 3. The Morgan fingerprint density at radius 2 is 2.50 bits per heavy atom. The van der Waals surface area contributed by atoms with E-state index >= 15 is 0 Å². The standard InChI is InChI=1S/C7H15N3O2/c1-5(9-7(11)10-8)6-2-3-12-4-6/h5-6H,2-4,8H2,1H3,(H2,9,10,11). The molecule has 2 amide bonds. The Hall–Kier alpha value is -0.810. The SMILES string of the molecule is CC(NC(=O)NN)C1CCOC1. The molecule has 70 valence electrons. The molecule has 0 aromatic heterocycles. The van der Waals surface area contributed by atoms with Gasteiger partial charge in [-0.15, -0.1) is 0 Å². The van der Waals surface area contributed by atoms with Crippen molar-refractivity contribution in [1.29, 1.82) is 0 Å². The van der Waals surface area contributed by atoms with Crippen LogP contribution in [0.5, 0.6) is 0 Å². The Balaban J connectivity index is 2.26. The number of urea groups is 1. The molecule has 1 saturated heterocycles. The topological polar surface area (TPSA) is 76.4 Å². The summed E-state index contributed by atoms with van der Waals surface area (Å²) in [4.78, 5) is 10.8. The first-order valence-electron chi connectivity index (χ1n) is 4.09. The molecule has 0 aromatic rings. The van der Waals surface area contributed by atoms with Crippen LogP contribution in [0.1, 0.15) is 13.3 Å². The number of rotatable bonds is 2. The number of nitrogens with two attached hydrogens (primary N) is 1. The summed E-state index contributed by atoms with van der Waals surface area (Å²) < 4.78 is 5.19. The first kappa shape index (κ1) is 9.28. The highest BCUT2D eigenvalue weighted by molar-refractivity contribution is 5.73. The molecular formula is C7H15N3O2. The lowest BCUT2D eigenvalue weighted by Gasteiger charge is -2.18. The second-order valence-corrected chi connectivity index (χ2v) is 3.03. The van der Waals surface area contributed by atoms with Crippen LogP contribution in [0.15, 0.2) is 0 Å². The molecule has 2 unspecified atom stereocenters. The summed E-state index contributed by atoms with van der Waals surface area (Å²) >= 11 is 0. The van der Waals surface area contributed by atoms with Crippen molar-refractivity contribution in [1.82, 2.24) is 10.7 Å². The number of hydrazine groups is 1. The zero-order valence-electron chi connectivity index (χ0n) is 7.17. The average molecular weight is 173 g/mol. The van der Waals surface area contributed by atoms with Gasteiger partial charge in [0.15, 0.2) is 0 Å². The monoisotopic (exact) mass is 173 g/mol. The lowest BCUT2D eigenvalue weighted by molar-refractivity contribution is 0.178. The van der Waals surface area contributed by atoms with E-state index in [0.717, 1.165) is 19.6 Å². The van der Waals surface area contributed by atoms with E-state index in [9.17, 15) is 4.79 Å². The van der Waals surface area contributed by atoms with E-state index in [1.807, 2.05) is 12.3 Å². The smallest absolute Gasteiger partial charge is 0.329 e. The summed E-state index contributed by atoms with van der Waals surface area (Å²) in [6.07, 6.45) is 1.01. The molecule has 1 aliphatic rings. The Kier molecular flexibility index (Phi) is 3.31. The van der Waals surface area contributed by atoms with Crippen molar-refractivity contribution in [2.24, 2.45) is 11.8 Å². The lowest BCUT2D eigenvalue weighted by Crippen LogP contribution is -2.46. The molecular weight excluding hydrogens is 158 g/mol. The Labute approximate surface area is 71.6 Å². The van der Waals surface area contributed by atoms with Crippen LogP contribution in [0, 0.1) is 5.92 Å². The van der Waals surface area contributed by atoms with Gasteiger partial charge in [-0.2, -0.15) is 0 Å². The summed E-state index contributed by atoms with van der Waals surface area (Å²) in [6.45, 7) is 3.47. The van der Waals surface area contributed by atoms with Gasteiger partial charge in [-0.1, -0.05) is 0 Å². The van der Waals surface area contributed by atoms with Crippen molar-refractivity contribution in [2.75, 3.05) is 13.2 Å². The van der Waals surface area contributed by atoms with Gasteiger partial charge < -0.3 is 10.1 Å². The fourth-order valence-electron chi connectivity index (χ4n) is 1.31. The molecule has 1 heterocycles. The predicted octanol–water partition coefficient (Wildman–Crippen LogP) is -0.416. The van der Waals surface area contributed by atoms with Gasteiger partial charge in [-0.05, 0) is 13.3 Å². The summed E-state index contributed by atoms with van der Waals surface area (Å²) in [5.41, 5.74) is 2.03. The largest absolute Gasteiger partial charge is 0.381 e. The summed E-state index contributed by atoms with van der Waals surface area (Å²) in [6, 6.07) is -0.217. The first-order chi connectivity index (χ1) is 5.74. The quantitative estimate of drug-likeness (QED) is 0.302. The molecule has 0 spiro atoms. The van der Waals surface area contributed by atoms with E-state index in [2.05, 4.69) is 5.32 Å². The van der Waals surface area contributed by atoms with Crippen LogP contribution < -0.4 is 16.6 Å². The van der Waals surface area contributed by atoms with Gasteiger partial charge in [0.2, 0.25) is 0 Å². The van der Waals surface area contributed by atoms with E-state index in [0.29, 0.717) is 5.92 Å². The highest BCUT2D eigenvalue weighted by Crippen LogP contribution is 2.15. The van der Waals surface area contributed by atoms with Crippen LogP contribution in [0.25, 0.3) is 0 Å². The highest BCUT2D eigenvalue weighted by atomic mass is 16.5. The molecule has 0 aliphatic carbocycles. The summed E-state index contributed by atoms with van der Waals surface area (Å²) in [7, 11) is 0. The van der Waals surface area contributed by atoms with Gasteiger partial charge in [-0.25, -0.2) is 10.6 Å². The molecule has 0 aromatic carbocycles. The number of ether oxygens (including phenoxy) is 1. The molecule has 0 radical (unpaired) electrons. The van der Waals surface area contributed by atoms with Gasteiger partial charge in [-0.3, -0.25) is 5.43 Å². The van der Waals surface area contributed by atoms with Gasteiger partial charge >= 0.3 is 6.03 Å². The fraction of sp³-hybridized carbons (Fsp3) is 0.857. The fourth-order valence-corrected chi connectivity index (χ4v) is 1.31. The molecule has 5 heteroatoms. The van der Waals surface area contributed by atoms with Crippen molar-refractivity contribution >= 4 is 6.03 Å². The second-order valence-electron chi connectivity index (χ2n) is 3.03. The van der Waals surface area contributed by atoms with Crippen molar-refractivity contribution < 1.29 is 9.53 Å². The third-order valence-electron chi connectivity index (χ3n) is 2.16. The molecule has 1 aliphatic heterocycles. The van der Waals surface area contributed by atoms with Crippen LogP contribution >= 0.6 is 0 Å². The van der Waals surface area contributed by atoms with Crippen LogP contribution in [0.4, 0.5) is 4.79 Å². The van der Waals surface area contributed by atoms with Crippen molar-refractivity contribution in [3.8, 4) is 0 Å². The molecule has 5 nitrogen and oxygen atoms in total. The third kappa shape index (κ3) is 2.35. The van der Waals surface area contributed by atoms with Crippen molar-refractivity contribution in [2.45, 2.75) is 19.4 Å². The molecule has 0 saturated carbocycles. The lowest BCUT2D eigenvalue weighted by atomic mass is 10.0. The molecule has 1 fully saturated rings. The molecule has 1 rings (SSSR count). The number of hydrogen-bond acceptors (Lipinski definition) is 3. The van der Waals surface area contributed by atoms with Crippen LogP contribution in [0.3, 0.4) is 0 Å². The Morgan fingerprint density at radius 3 is 3.00 bits per heavy atom. The van der Waals surface area contributed by atoms with Crippen molar-refractivity contribution in [3.05, 3.63) is 0 Å². The van der Waals surface area contributed by atoms with Crippen molar-refractivity contribution in [3.63, 3.8) is 0 Å². The molecule has 4 N–H and O–H groups in total. The molecule has 12 heavy (non-hydrogen) atoms. The van der Waals surface area contributed by atoms with Gasteiger partial charge in [0, 0.05) is 18.6 Å². The number of carbonyl (C=O) groups is 1. The molecule has 0 bridgehead atoms. The van der Waals surface area contributed by atoms with Gasteiger partial charge in [0.05, 0.1) is 6.61 Å². The minimum absolute atomic E-state index is 0.121. The zero-order chi connectivity index (χ0) is 8.97.